The molecule has 1 aliphatic rings. The van der Waals surface area contributed by atoms with Crippen molar-refractivity contribution < 1.29 is 26.3 Å². The lowest BCUT2D eigenvalue weighted by molar-refractivity contribution is -0.141. The molecule has 1 aromatic heterocycles. The molecule has 152 valence electrons. The first-order valence-corrected chi connectivity index (χ1v) is 8.54. The molecule has 1 fully saturated rings. The zero-order valence-electron chi connectivity index (χ0n) is 14.7. The molecular formula is C18H18F6N4. The molecular weight excluding hydrogens is 386 g/mol. The van der Waals surface area contributed by atoms with Gasteiger partial charge in [-0.2, -0.15) is 26.3 Å². The maximum absolute atomic E-state index is 13.0. The van der Waals surface area contributed by atoms with Gasteiger partial charge in [-0.25, -0.2) is 4.98 Å². The average molecular weight is 404 g/mol. The highest BCUT2D eigenvalue weighted by molar-refractivity contribution is 5.53. The van der Waals surface area contributed by atoms with E-state index >= 15 is 0 Å². The number of nitrogens with two attached hydrogens (primary N) is 1. The van der Waals surface area contributed by atoms with E-state index in [0.29, 0.717) is 37.4 Å². The predicted molar refractivity (Wildman–Crippen MR) is 93.0 cm³/mol. The van der Waals surface area contributed by atoms with E-state index in [-0.39, 0.29) is 12.4 Å². The molecule has 2 N–H and O–H groups in total. The molecule has 0 unspecified atom stereocenters. The first-order valence-electron chi connectivity index (χ1n) is 8.54. The summed E-state index contributed by atoms with van der Waals surface area (Å²) < 4.78 is 76.9. The normalized spacial score (nSPS) is 15.8. The lowest BCUT2D eigenvalue weighted by Crippen LogP contribution is -2.47. The zero-order chi connectivity index (χ0) is 20.5. The monoisotopic (exact) mass is 404 g/mol. The fourth-order valence-corrected chi connectivity index (χ4v) is 3.11. The number of benzene rings is 1. The molecule has 0 amide bonds. The van der Waals surface area contributed by atoms with Gasteiger partial charge in [-0.15, -0.1) is 0 Å². The Morgan fingerprint density at radius 1 is 0.786 bits per heavy atom. The summed E-state index contributed by atoms with van der Waals surface area (Å²) in [6.45, 7) is 1.69. The Labute approximate surface area is 157 Å². The smallest absolute Gasteiger partial charge is 0.368 e. The van der Waals surface area contributed by atoms with Crippen molar-refractivity contribution in [2.45, 2.75) is 18.9 Å². The molecule has 1 aromatic carbocycles. The van der Waals surface area contributed by atoms with Crippen LogP contribution in [-0.4, -0.2) is 31.2 Å². The Bertz CT molecular complexity index is 808. The van der Waals surface area contributed by atoms with E-state index in [2.05, 4.69) is 4.98 Å². The van der Waals surface area contributed by atoms with Crippen molar-refractivity contribution in [2.75, 3.05) is 36.0 Å². The molecule has 0 saturated carbocycles. The summed E-state index contributed by atoms with van der Waals surface area (Å²) in [4.78, 5) is 7.35. The van der Waals surface area contributed by atoms with E-state index in [1.165, 1.54) is 18.2 Å². The average Bonchev–Trinajstić information content (AvgIpc) is 2.66. The second kappa shape index (κ2) is 7.50. The van der Waals surface area contributed by atoms with Crippen LogP contribution in [0.2, 0.25) is 0 Å². The second-order valence-electron chi connectivity index (χ2n) is 6.40. The topological polar surface area (TPSA) is 45.4 Å². The van der Waals surface area contributed by atoms with E-state index in [9.17, 15) is 26.3 Å². The summed E-state index contributed by atoms with van der Waals surface area (Å²) in [6.07, 6.45) is -8.95. The molecule has 1 saturated heterocycles. The maximum atomic E-state index is 13.0. The minimum absolute atomic E-state index is 0.0551. The van der Waals surface area contributed by atoms with E-state index in [4.69, 9.17) is 5.73 Å². The van der Waals surface area contributed by atoms with Gasteiger partial charge in [-0.05, 0) is 30.3 Å². The van der Waals surface area contributed by atoms with Crippen molar-refractivity contribution in [3.8, 4) is 0 Å². The zero-order valence-corrected chi connectivity index (χ0v) is 14.7. The number of hydrogen-bond acceptors (Lipinski definition) is 4. The minimum Gasteiger partial charge on any atom is -0.368 e. The number of nitrogens with zero attached hydrogens (tertiary/aromatic N) is 3. The molecule has 2 heterocycles. The van der Waals surface area contributed by atoms with Gasteiger partial charge in [-0.3, -0.25) is 0 Å². The Kier molecular flexibility index (Phi) is 5.42. The van der Waals surface area contributed by atoms with Crippen molar-refractivity contribution in [1.82, 2.24) is 4.98 Å². The molecule has 0 aliphatic carbocycles. The third kappa shape index (κ3) is 4.32. The molecule has 0 atom stereocenters. The predicted octanol–water partition coefficient (Wildman–Crippen LogP) is 3.90. The number of halogens is 6. The quantitative estimate of drug-likeness (QED) is 0.789. The van der Waals surface area contributed by atoms with Crippen molar-refractivity contribution in [3.63, 3.8) is 0 Å². The van der Waals surface area contributed by atoms with Crippen LogP contribution in [0.4, 0.5) is 37.8 Å². The van der Waals surface area contributed by atoms with Crippen molar-refractivity contribution >= 4 is 11.5 Å². The summed E-state index contributed by atoms with van der Waals surface area (Å²) in [5, 5.41) is 0. The fourth-order valence-electron chi connectivity index (χ4n) is 3.11. The summed E-state index contributed by atoms with van der Waals surface area (Å²) >= 11 is 0. The van der Waals surface area contributed by atoms with Crippen LogP contribution < -0.4 is 15.5 Å². The molecule has 2 aromatic rings. The van der Waals surface area contributed by atoms with Gasteiger partial charge >= 0.3 is 12.4 Å². The van der Waals surface area contributed by atoms with Crippen LogP contribution >= 0.6 is 0 Å². The van der Waals surface area contributed by atoms with Gasteiger partial charge in [0.2, 0.25) is 0 Å². The molecule has 10 heteroatoms. The first-order chi connectivity index (χ1) is 13.1. The van der Waals surface area contributed by atoms with Gasteiger partial charge in [-0.1, -0.05) is 6.07 Å². The Morgan fingerprint density at radius 3 is 1.86 bits per heavy atom. The molecule has 0 spiro atoms. The summed E-state index contributed by atoms with van der Waals surface area (Å²) in [5.41, 5.74) is 5.06. The van der Waals surface area contributed by atoms with Crippen molar-refractivity contribution in [1.29, 1.82) is 0 Å². The van der Waals surface area contributed by atoms with Crippen LogP contribution in [0.25, 0.3) is 0 Å². The molecule has 4 nitrogen and oxygen atoms in total. The van der Waals surface area contributed by atoms with Crippen LogP contribution in [0.1, 0.15) is 16.8 Å². The lowest BCUT2D eigenvalue weighted by atomic mass is 10.1. The lowest BCUT2D eigenvalue weighted by Gasteiger charge is -2.37. The van der Waals surface area contributed by atoms with Crippen molar-refractivity contribution in [3.05, 3.63) is 53.2 Å². The van der Waals surface area contributed by atoms with Crippen LogP contribution in [0.3, 0.4) is 0 Å². The second-order valence-corrected chi connectivity index (χ2v) is 6.40. The number of pyridine rings is 1. The Balaban J connectivity index is 1.73. The van der Waals surface area contributed by atoms with Crippen LogP contribution in [0, 0.1) is 0 Å². The summed E-state index contributed by atoms with van der Waals surface area (Å²) in [6, 6.07) is 7.06. The number of piperazine rings is 1. The van der Waals surface area contributed by atoms with Gasteiger partial charge in [0.05, 0.1) is 5.56 Å². The Morgan fingerprint density at radius 2 is 1.36 bits per heavy atom. The van der Waals surface area contributed by atoms with E-state index in [1.54, 1.807) is 4.90 Å². The minimum atomic E-state index is -4.55. The van der Waals surface area contributed by atoms with Gasteiger partial charge in [0, 0.05) is 44.0 Å². The SMILES string of the molecule is NCc1ccc(C(F)(F)F)nc1N1CCN(c2ccc(C(F)(F)F)cc2)CC1. The largest absolute Gasteiger partial charge is 0.433 e. The highest BCUT2D eigenvalue weighted by atomic mass is 19.4. The fraction of sp³-hybridized carbons (Fsp3) is 0.389. The number of alkyl halides is 6. The number of aromatic nitrogens is 1. The van der Waals surface area contributed by atoms with Gasteiger partial charge in [0.1, 0.15) is 11.5 Å². The van der Waals surface area contributed by atoms with E-state index in [1.807, 2.05) is 4.90 Å². The standard InChI is InChI=1S/C18H18F6N4/c19-17(20,21)13-2-4-14(5-3-13)27-7-9-28(10-8-27)16-12(11-25)1-6-15(26-16)18(22,23)24/h1-6H,7-11,25H2. The third-order valence-electron chi connectivity index (χ3n) is 4.61. The first kappa shape index (κ1) is 20.2. The summed E-state index contributed by atoms with van der Waals surface area (Å²) in [5.74, 6) is 0.199. The van der Waals surface area contributed by atoms with E-state index < -0.39 is 23.6 Å². The number of anilines is 2. The summed E-state index contributed by atoms with van der Waals surface area (Å²) in [7, 11) is 0. The molecule has 28 heavy (non-hydrogen) atoms. The highest BCUT2D eigenvalue weighted by Crippen LogP contribution is 2.32. The third-order valence-corrected chi connectivity index (χ3v) is 4.61. The number of rotatable bonds is 3. The van der Waals surface area contributed by atoms with Gasteiger partial charge in [0.25, 0.3) is 0 Å². The van der Waals surface area contributed by atoms with E-state index in [0.717, 1.165) is 18.2 Å². The van der Waals surface area contributed by atoms with Crippen LogP contribution in [0.5, 0.6) is 0 Å². The van der Waals surface area contributed by atoms with Gasteiger partial charge in [0.15, 0.2) is 0 Å². The van der Waals surface area contributed by atoms with Crippen LogP contribution in [0.15, 0.2) is 36.4 Å². The van der Waals surface area contributed by atoms with Crippen molar-refractivity contribution in [2.24, 2.45) is 5.73 Å². The highest BCUT2D eigenvalue weighted by Gasteiger charge is 2.34. The molecule has 3 rings (SSSR count). The molecule has 0 radical (unpaired) electrons. The van der Waals surface area contributed by atoms with Gasteiger partial charge < -0.3 is 15.5 Å². The maximum Gasteiger partial charge on any atom is 0.433 e. The van der Waals surface area contributed by atoms with Crippen LogP contribution in [-0.2, 0) is 18.9 Å². The Hall–Kier alpha value is -2.49. The molecule has 1 aliphatic heterocycles. The molecule has 0 bridgehead atoms. The number of hydrogen-bond donors (Lipinski definition) is 1.